The Hall–Kier alpha value is -0.650. The van der Waals surface area contributed by atoms with Crippen molar-refractivity contribution in [2.75, 3.05) is 26.3 Å². The number of nitrogens with one attached hydrogen (secondary N) is 2. The standard InChI is InChI=1S/C12H24N2O3/c1-4-11(2,3)14-10(15)7-13-8-12(16)5-6-17-9-12/h13,16H,4-9H2,1-3H3,(H,14,15). The molecule has 0 aromatic rings. The van der Waals surface area contributed by atoms with E-state index in [1.165, 1.54) is 0 Å². The largest absolute Gasteiger partial charge is 0.386 e. The lowest BCUT2D eigenvalue weighted by atomic mass is 10.0. The van der Waals surface area contributed by atoms with Gasteiger partial charge in [0.25, 0.3) is 0 Å². The number of ether oxygens (including phenoxy) is 1. The molecule has 1 unspecified atom stereocenters. The van der Waals surface area contributed by atoms with E-state index in [1.54, 1.807) is 0 Å². The summed E-state index contributed by atoms with van der Waals surface area (Å²) in [6, 6.07) is 0. The van der Waals surface area contributed by atoms with E-state index in [0.717, 1.165) is 6.42 Å². The zero-order valence-corrected chi connectivity index (χ0v) is 11.0. The molecule has 5 nitrogen and oxygen atoms in total. The summed E-state index contributed by atoms with van der Waals surface area (Å²) >= 11 is 0. The smallest absolute Gasteiger partial charge is 0.234 e. The summed E-state index contributed by atoms with van der Waals surface area (Å²) in [7, 11) is 0. The molecule has 1 aliphatic rings. The van der Waals surface area contributed by atoms with Gasteiger partial charge in [-0.3, -0.25) is 4.79 Å². The van der Waals surface area contributed by atoms with Gasteiger partial charge in [-0.1, -0.05) is 6.92 Å². The number of aliphatic hydroxyl groups is 1. The predicted octanol–water partition coefficient (Wildman–Crippen LogP) is 0.0322. The summed E-state index contributed by atoms with van der Waals surface area (Å²) in [6.07, 6.45) is 1.51. The van der Waals surface area contributed by atoms with Crippen molar-refractivity contribution in [2.45, 2.75) is 44.8 Å². The van der Waals surface area contributed by atoms with Gasteiger partial charge in [-0.2, -0.15) is 0 Å². The number of carbonyl (C=O) groups excluding carboxylic acids is 1. The molecule has 1 heterocycles. The molecule has 1 saturated heterocycles. The summed E-state index contributed by atoms with van der Waals surface area (Å²) in [5.74, 6) is -0.0423. The summed E-state index contributed by atoms with van der Waals surface area (Å²) in [5, 5.41) is 15.9. The maximum absolute atomic E-state index is 11.6. The first-order chi connectivity index (χ1) is 7.87. The van der Waals surface area contributed by atoms with Gasteiger partial charge in [-0.25, -0.2) is 0 Å². The van der Waals surface area contributed by atoms with Crippen molar-refractivity contribution in [1.29, 1.82) is 0 Å². The molecule has 100 valence electrons. The van der Waals surface area contributed by atoms with Gasteiger partial charge in [0.05, 0.1) is 13.2 Å². The van der Waals surface area contributed by atoms with Crippen LogP contribution >= 0.6 is 0 Å². The van der Waals surface area contributed by atoms with Crippen LogP contribution in [-0.2, 0) is 9.53 Å². The van der Waals surface area contributed by atoms with Crippen LogP contribution < -0.4 is 10.6 Å². The first kappa shape index (κ1) is 14.4. The first-order valence-electron chi connectivity index (χ1n) is 6.19. The molecule has 0 radical (unpaired) electrons. The molecule has 0 spiro atoms. The van der Waals surface area contributed by atoms with Gasteiger partial charge in [0, 0.05) is 25.1 Å². The second kappa shape index (κ2) is 5.80. The Morgan fingerprint density at radius 1 is 1.53 bits per heavy atom. The highest BCUT2D eigenvalue weighted by atomic mass is 16.5. The number of amides is 1. The third kappa shape index (κ3) is 5.02. The summed E-state index contributed by atoms with van der Waals surface area (Å²) in [6.45, 7) is 7.58. The molecule has 0 bridgehead atoms. The Kier molecular flexibility index (Phi) is 4.91. The van der Waals surface area contributed by atoms with E-state index in [1.807, 2.05) is 20.8 Å². The number of hydrogen-bond donors (Lipinski definition) is 3. The third-order valence-electron chi connectivity index (χ3n) is 3.18. The topological polar surface area (TPSA) is 70.6 Å². The van der Waals surface area contributed by atoms with Crippen molar-refractivity contribution in [3.8, 4) is 0 Å². The van der Waals surface area contributed by atoms with E-state index in [2.05, 4.69) is 10.6 Å². The molecule has 1 amide bonds. The monoisotopic (exact) mass is 244 g/mol. The van der Waals surface area contributed by atoms with Crippen molar-refractivity contribution in [1.82, 2.24) is 10.6 Å². The second-order valence-electron chi connectivity index (χ2n) is 5.42. The first-order valence-corrected chi connectivity index (χ1v) is 6.19. The van der Waals surface area contributed by atoms with Gasteiger partial charge in [0.15, 0.2) is 0 Å². The van der Waals surface area contributed by atoms with E-state index in [4.69, 9.17) is 4.74 Å². The molecule has 17 heavy (non-hydrogen) atoms. The average molecular weight is 244 g/mol. The van der Waals surface area contributed by atoms with Crippen molar-refractivity contribution in [3.63, 3.8) is 0 Å². The van der Waals surface area contributed by atoms with Crippen LogP contribution in [0.5, 0.6) is 0 Å². The lowest BCUT2D eigenvalue weighted by molar-refractivity contribution is -0.122. The SMILES string of the molecule is CCC(C)(C)NC(=O)CNCC1(O)CCOC1. The summed E-state index contributed by atoms with van der Waals surface area (Å²) in [4.78, 5) is 11.6. The Bertz CT molecular complexity index is 260. The van der Waals surface area contributed by atoms with E-state index >= 15 is 0 Å². The van der Waals surface area contributed by atoms with Crippen molar-refractivity contribution < 1.29 is 14.6 Å². The summed E-state index contributed by atoms with van der Waals surface area (Å²) in [5.41, 5.74) is -0.979. The normalized spacial score (nSPS) is 24.9. The maximum Gasteiger partial charge on any atom is 0.234 e. The second-order valence-corrected chi connectivity index (χ2v) is 5.42. The van der Waals surface area contributed by atoms with Crippen molar-refractivity contribution >= 4 is 5.91 Å². The molecule has 1 fully saturated rings. The van der Waals surface area contributed by atoms with E-state index in [-0.39, 0.29) is 18.0 Å². The molecule has 1 aliphatic heterocycles. The van der Waals surface area contributed by atoms with Crippen LogP contribution in [0.3, 0.4) is 0 Å². The quantitative estimate of drug-likeness (QED) is 0.616. The van der Waals surface area contributed by atoms with Gasteiger partial charge in [-0.15, -0.1) is 0 Å². The van der Waals surface area contributed by atoms with Crippen LogP contribution in [0.1, 0.15) is 33.6 Å². The van der Waals surface area contributed by atoms with E-state index in [0.29, 0.717) is 26.2 Å². The predicted molar refractivity (Wildman–Crippen MR) is 65.8 cm³/mol. The van der Waals surface area contributed by atoms with Gasteiger partial charge in [0.2, 0.25) is 5.91 Å². The fraction of sp³-hybridized carbons (Fsp3) is 0.917. The Balaban J connectivity index is 2.20. The van der Waals surface area contributed by atoms with Gasteiger partial charge < -0.3 is 20.5 Å². The number of rotatable bonds is 6. The molecule has 5 heteroatoms. The van der Waals surface area contributed by atoms with Crippen LogP contribution in [0.2, 0.25) is 0 Å². The van der Waals surface area contributed by atoms with Crippen LogP contribution in [-0.4, -0.2) is 48.5 Å². The molecule has 1 rings (SSSR count). The highest BCUT2D eigenvalue weighted by molar-refractivity contribution is 5.78. The lowest BCUT2D eigenvalue weighted by Crippen LogP contribution is -2.49. The minimum atomic E-state index is -0.805. The van der Waals surface area contributed by atoms with Gasteiger partial charge >= 0.3 is 0 Å². The molecule has 0 aromatic carbocycles. The van der Waals surface area contributed by atoms with Crippen LogP contribution in [0, 0.1) is 0 Å². The zero-order chi connectivity index (χ0) is 12.9. The van der Waals surface area contributed by atoms with E-state index < -0.39 is 5.60 Å². The maximum atomic E-state index is 11.6. The Morgan fingerprint density at radius 2 is 2.24 bits per heavy atom. The number of carbonyl (C=O) groups is 1. The number of hydrogen-bond acceptors (Lipinski definition) is 4. The van der Waals surface area contributed by atoms with E-state index in [9.17, 15) is 9.90 Å². The molecular formula is C12H24N2O3. The molecule has 0 aromatic heterocycles. The van der Waals surface area contributed by atoms with Gasteiger partial charge in [0.1, 0.15) is 5.60 Å². The average Bonchev–Trinajstić information content (AvgIpc) is 2.64. The van der Waals surface area contributed by atoms with Crippen LogP contribution in [0.15, 0.2) is 0 Å². The highest BCUT2D eigenvalue weighted by Crippen LogP contribution is 2.16. The Morgan fingerprint density at radius 3 is 2.76 bits per heavy atom. The molecule has 1 atom stereocenters. The third-order valence-corrected chi connectivity index (χ3v) is 3.18. The molecule has 0 aliphatic carbocycles. The lowest BCUT2D eigenvalue weighted by Gasteiger charge is -2.25. The van der Waals surface area contributed by atoms with Crippen molar-refractivity contribution in [2.24, 2.45) is 0 Å². The molecular weight excluding hydrogens is 220 g/mol. The highest BCUT2D eigenvalue weighted by Gasteiger charge is 2.31. The minimum Gasteiger partial charge on any atom is -0.386 e. The minimum absolute atomic E-state index is 0.0423. The Labute approximate surface area is 103 Å². The zero-order valence-electron chi connectivity index (χ0n) is 11.0. The van der Waals surface area contributed by atoms with Gasteiger partial charge in [-0.05, 0) is 20.3 Å². The van der Waals surface area contributed by atoms with Crippen LogP contribution in [0.25, 0.3) is 0 Å². The fourth-order valence-corrected chi connectivity index (χ4v) is 1.65. The molecule has 0 saturated carbocycles. The van der Waals surface area contributed by atoms with Crippen LogP contribution in [0.4, 0.5) is 0 Å². The summed E-state index contributed by atoms with van der Waals surface area (Å²) < 4.78 is 5.13. The van der Waals surface area contributed by atoms with Crippen molar-refractivity contribution in [3.05, 3.63) is 0 Å². The molecule has 3 N–H and O–H groups in total. The fourth-order valence-electron chi connectivity index (χ4n) is 1.65.